The molecule has 0 spiro atoms. The van der Waals surface area contributed by atoms with E-state index in [9.17, 15) is 0 Å². The lowest BCUT2D eigenvalue weighted by Gasteiger charge is -2.11. The van der Waals surface area contributed by atoms with Gasteiger partial charge in [0.05, 0.1) is 13.7 Å². The van der Waals surface area contributed by atoms with Gasteiger partial charge in [-0.05, 0) is 17.2 Å². The van der Waals surface area contributed by atoms with Gasteiger partial charge < -0.3 is 14.8 Å². The molecule has 0 saturated carbocycles. The predicted molar refractivity (Wildman–Crippen MR) is 75.3 cm³/mol. The average Bonchev–Trinajstić information content (AvgIpc) is 2.47. The fourth-order valence-corrected chi connectivity index (χ4v) is 1.85. The van der Waals surface area contributed by atoms with Crippen molar-refractivity contribution in [1.82, 2.24) is 4.98 Å². The molecule has 0 aliphatic rings. The standard InChI is InChI=1S/C15H18N2O2/c1-18-11-13-6-4-3-5-12(13)10-17-14-7-8-16-15(9-14)19-2/h3-9H,10-11H2,1-2H3,(H,16,17). The fraction of sp³-hybridized carbons (Fsp3) is 0.267. The van der Waals surface area contributed by atoms with E-state index < -0.39 is 0 Å². The molecule has 19 heavy (non-hydrogen) atoms. The van der Waals surface area contributed by atoms with Gasteiger partial charge in [-0.1, -0.05) is 24.3 Å². The number of anilines is 1. The molecule has 0 bridgehead atoms. The Kier molecular flexibility index (Phi) is 4.75. The van der Waals surface area contributed by atoms with E-state index in [0.717, 1.165) is 12.2 Å². The first-order valence-electron chi connectivity index (χ1n) is 6.13. The van der Waals surface area contributed by atoms with Crippen LogP contribution < -0.4 is 10.1 Å². The van der Waals surface area contributed by atoms with Gasteiger partial charge in [0.25, 0.3) is 0 Å². The molecule has 0 radical (unpaired) electrons. The molecule has 4 nitrogen and oxygen atoms in total. The van der Waals surface area contributed by atoms with E-state index in [2.05, 4.69) is 22.4 Å². The van der Waals surface area contributed by atoms with Gasteiger partial charge in [-0.25, -0.2) is 4.98 Å². The van der Waals surface area contributed by atoms with Gasteiger partial charge in [0.1, 0.15) is 0 Å². The number of rotatable bonds is 6. The second kappa shape index (κ2) is 6.75. The summed E-state index contributed by atoms with van der Waals surface area (Å²) < 4.78 is 10.3. The molecule has 1 aromatic heterocycles. The summed E-state index contributed by atoms with van der Waals surface area (Å²) >= 11 is 0. The van der Waals surface area contributed by atoms with E-state index >= 15 is 0 Å². The number of benzene rings is 1. The van der Waals surface area contributed by atoms with Gasteiger partial charge in [0.2, 0.25) is 5.88 Å². The van der Waals surface area contributed by atoms with Crippen molar-refractivity contribution in [2.45, 2.75) is 13.2 Å². The van der Waals surface area contributed by atoms with Crippen LogP contribution in [0.2, 0.25) is 0 Å². The summed E-state index contributed by atoms with van der Waals surface area (Å²) in [6.45, 7) is 1.37. The Morgan fingerprint density at radius 3 is 2.63 bits per heavy atom. The molecular weight excluding hydrogens is 240 g/mol. The molecule has 0 aliphatic carbocycles. The number of hydrogen-bond acceptors (Lipinski definition) is 4. The van der Waals surface area contributed by atoms with Crippen LogP contribution in [0.3, 0.4) is 0 Å². The van der Waals surface area contributed by atoms with Gasteiger partial charge >= 0.3 is 0 Å². The lowest BCUT2D eigenvalue weighted by atomic mass is 10.1. The second-order valence-electron chi connectivity index (χ2n) is 4.14. The van der Waals surface area contributed by atoms with Crippen LogP contribution in [-0.2, 0) is 17.9 Å². The van der Waals surface area contributed by atoms with E-state index in [-0.39, 0.29) is 0 Å². The molecule has 0 amide bonds. The largest absolute Gasteiger partial charge is 0.481 e. The molecule has 0 atom stereocenters. The maximum atomic E-state index is 5.20. The molecule has 0 unspecified atom stereocenters. The van der Waals surface area contributed by atoms with Crippen LogP contribution in [-0.4, -0.2) is 19.2 Å². The van der Waals surface area contributed by atoms with E-state index in [4.69, 9.17) is 9.47 Å². The third-order valence-electron chi connectivity index (χ3n) is 2.85. The Labute approximate surface area is 113 Å². The summed E-state index contributed by atoms with van der Waals surface area (Å²) in [5.41, 5.74) is 3.40. The molecule has 1 aromatic carbocycles. The van der Waals surface area contributed by atoms with Crippen LogP contribution in [0.5, 0.6) is 5.88 Å². The number of aromatic nitrogens is 1. The fourth-order valence-electron chi connectivity index (χ4n) is 1.85. The maximum absolute atomic E-state index is 5.20. The summed E-state index contributed by atoms with van der Waals surface area (Å²) in [4.78, 5) is 4.08. The Balaban J connectivity index is 2.05. The van der Waals surface area contributed by atoms with Crippen molar-refractivity contribution in [3.8, 4) is 5.88 Å². The zero-order valence-electron chi connectivity index (χ0n) is 11.2. The van der Waals surface area contributed by atoms with E-state index in [1.54, 1.807) is 20.4 Å². The van der Waals surface area contributed by atoms with Crippen LogP contribution in [0, 0.1) is 0 Å². The van der Waals surface area contributed by atoms with Gasteiger partial charge in [0, 0.05) is 31.6 Å². The summed E-state index contributed by atoms with van der Waals surface area (Å²) in [5.74, 6) is 0.607. The Hall–Kier alpha value is -2.07. The topological polar surface area (TPSA) is 43.4 Å². The van der Waals surface area contributed by atoms with Gasteiger partial charge in [-0.2, -0.15) is 0 Å². The van der Waals surface area contributed by atoms with Crippen molar-refractivity contribution in [2.75, 3.05) is 19.5 Å². The van der Waals surface area contributed by atoms with E-state index in [1.807, 2.05) is 24.3 Å². The molecule has 0 fully saturated rings. The average molecular weight is 258 g/mol. The lowest BCUT2D eigenvalue weighted by molar-refractivity contribution is 0.184. The van der Waals surface area contributed by atoms with Crippen molar-refractivity contribution in [3.63, 3.8) is 0 Å². The highest BCUT2D eigenvalue weighted by Crippen LogP contribution is 2.16. The van der Waals surface area contributed by atoms with Crippen LogP contribution >= 0.6 is 0 Å². The Morgan fingerprint density at radius 2 is 1.89 bits per heavy atom. The minimum Gasteiger partial charge on any atom is -0.481 e. The number of nitrogens with zero attached hydrogens (tertiary/aromatic N) is 1. The summed E-state index contributed by atoms with van der Waals surface area (Å²) in [6.07, 6.45) is 1.72. The first-order chi connectivity index (χ1) is 9.33. The molecule has 1 N–H and O–H groups in total. The zero-order chi connectivity index (χ0) is 13.5. The number of hydrogen-bond donors (Lipinski definition) is 1. The molecule has 0 saturated heterocycles. The van der Waals surface area contributed by atoms with Gasteiger partial charge in [-0.15, -0.1) is 0 Å². The first kappa shape index (κ1) is 13.4. The third-order valence-corrected chi connectivity index (χ3v) is 2.85. The lowest BCUT2D eigenvalue weighted by Crippen LogP contribution is -2.04. The normalized spacial score (nSPS) is 10.2. The highest BCUT2D eigenvalue weighted by atomic mass is 16.5. The summed E-state index contributed by atoms with van der Waals surface area (Å²) in [7, 11) is 3.32. The highest BCUT2D eigenvalue weighted by Gasteiger charge is 2.02. The zero-order valence-corrected chi connectivity index (χ0v) is 11.2. The van der Waals surface area contributed by atoms with Gasteiger partial charge in [-0.3, -0.25) is 0 Å². The summed E-state index contributed by atoms with van der Waals surface area (Å²) in [6, 6.07) is 12.0. The minimum absolute atomic E-state index is 0.607. The monoisotopic (exact) mass is 258 g/mol. The van der Waals surface area contributed by atoms with Crippen molar-refractivity contribution in [3.05, 3.63) is 53.7 Å². The highest BCUT2D eigenvalue weighted by molar-refractivity contribution is 5.46. The molecule has 4 heteroatoms. The molecule has 1 heterocycles. The van der Waals surface area contributed by atoms with Crippen LogP contribution in [0.15, 0.2) is 42.6 Å². The van der Waals surface area contributed by atoms with Crippen molar-refractivity contribution < 1.29 is 9.47 Å². The van der Waals surface area contributed by atoms with Crippen LogP contribution in [0.4, 0.5) is 5.69 Å². The number of ether oxygens (including phenoxy) is 2. The smallest absolute Gasteiger partial charge is 0.214 e. The molecule has 0 aliphatic heterocycles. The maximum Gasteiger partial charge on any atom is 0.214 e. The molecule has 2 rings (SSSR count). The number of pyridine rings is 1. The Morgan fingerprint density at radius 1 is 1.11 bits per heavy atom. The van der Waals surface area contributed by atoms with Gasteiger partial charge in [0.15, 0.2) is 0 Å². The van der Waals surface area contributed by atoms with Crippen molar-refractivity contribution in [1.29, 1.82) is 0 Å². The van der Waals surface area contributed by atoms with Crippen molar-refractivity contribution in [2.24, 2.45) is 0 Å². The third kappa shape index (κ3) is 3.69. The molecule has 2 aromatic rings. The second-order valence-corrected chi connectivity index (χ2v) is 4.14. The molecule has 100 valence electrons. The van der Waals surface area contributed by atoms with Crippen LogP contribution in [0.1, 0.15) is 11.1 Å². The minimum atomic E-state index is 0.607. The molecular formula is C15H18N2O2. The van der Waals surface area contributed by atoms with Crippen molar-refractivity contribution >= 4 is 5.69 Å². The SMILES string of the molecule is COCc1ccccc1CNc1ccnc(OC)c1. The number of methoxy groups -OCH3 is 2. The summed E-state index contributed by atoms with van der Waals surface area (Å²) in [5, 5.41) is 3.36. The predicted octanol–water partition coefficient (Wildman–Crippen LogP) is 2.85. The first-order valence-corrected chi connectivity index (χ1v) is 6.13. The Bertz CT molecular complexity index is 529. The van der Waals surface area contributed by atoms with E-state index in [1.165, 1.54) is 11.1 Å². The van der Waals surface area contributed by atoms with E-state index in [0.29, 0.717) is 12.5 Å². The van der Waals surface area contributed by atoms with Crippen LogP contribution in [0.25, 0.3) is 0 Å². The quantitative estimate of drug-likeness (QED) is 0.865. The number of nitrogens with one attached hydrogen (secondary N) is 1.